The lowest BCUT2D eigenvalue weighted by Gasteiger charge is -2.34. The van der Waals surface area contributed by atoms with Crippen LogP contribution in [0, 0.1) is 0 Å². The average Bonchev–Trinajstić information content (AvgIpc) is 2.83. The van der Waals surface area contributed by atoms with Crippen molar-refractivity contribution in [3.05, 3.63) is 47.5 Å². The Morgan fingerprint density at radius 1 is 0.632 bits per heavy atom. The standard InChI is InChI=1S/C28H42N2O6S2/c1-9-35-25-13-11-21(19-23(25)27(3,4)5)37(31,32)29-15-17-30(18-16-29)38(33,34)22-12-14-26(36-10-2)24(20-22)28(6,7)8/h11-14,19-20H,9-10,15-18H2,1-8H3. The second kappa shape index (κ2) is 11.2. The van der Waals surface area contributed by atoms with E-state index in [4.69, 9.17) is 9.47 Å². The first-order valence-electron chi connectivity index (χ1n) is 13.1. The van der Waals surface area contributed by atoms with E-state index >= 15 is 0 Å². The predicted octanol–water partition coefficient (Wildman–Crippen LogP) is 4.77. The fourth-order valence-electron chi connectivity index (χ4n) is 4.52. The second-order valence-electron chi connectivity index (χ2n) is 11.5. The molecular weight excluding hydrogens is 524 g/mol. The summed E-state index contributed by atoms with van der Waals surface area (Å²) in [5.74, 6) is 1.33. The van der Waals surface area contributed by atoms with Crippen LogP contribution in [0.2, 0.25) is 0 Å². The number of hydrogen-bond acceptors (Lipinski definition) is 6. The van der Waals surface area contributed by atoms with Crippen molar-refractivity contribution in [2.24, 2.45) is 0 Å². The monoisotopic (exact) mass is 566 g/mol. The van der Waals surface area contributed by atoms with Crippen LogP contribution in [0.1, 0.15) is 66.5 Å². The summed E-state index contributed by atoms with van der Waals surface area (Å²) in [5.41, 5.74) is 0.998. The van der Waals surface area contributed by atoms with Crippen molar-refractivity contribution in [2.45, 2.75) is 76.0 Å². The summed E-state index contributed by atoms with van der Waals surface area (Å²) in [4.78, 5) is 0.368. The van der Waals surface area contributed by atoms with E-state index in [1.807, 2.05) is 55.4 Å². The molecule has 0 spiro atoms. The van der Waals surface area contributed by atoms with Gasteiger partial charge in [0.15, 0.2) is 0 Å². The third-order valence-corrected chi connectivity index (χ3v) is 10.4. The predicted molar refractivity (Wildman–Crippen MR) is 150 cm³/mol. The highest BCUT2D eigenvalue weighted by Crippen LogP contribution is 2.36. The quantitative estimate of drug-likeness (QED) is 0.457. The number of sulfonamides is 2. The molecular formula is C28H42N2O6S2. The van der Waals surface area contributed by atoms with E-state index in [1.165, 1.54) is 8.61 Å². The molecule has 0 N–H and O–H groups in total. The van der Waals surface area contributed by atoms with Gasteiger partial charge in [0.05, 0.1) is 23.0 Å². The van der Waals surface area contributed by atoms with E-state index in [1.54, 1.807) is 36.4 Å². The molecule has 1 aliphatic rings. The van der Waals surface area contributed by atoms with E-state index < -0.39 is 20.0 Å². The molecule has 2 aromatic carbocycles. The van der Waals surface area contributed by atoms with Gasteiger partial charge in [-0.05, 0) is 61.1 Å². The molecule has 0 atom stereocenters. The van der Waals surface area contributed by atoms with Crippen molar-refractivity contribution in [3.8, 4) is 11.5 Å². The van der Waals surface area contributed by atoms with E-state index in [0.29, 0.717) is 24.7 Å². The highest BCUT2D eigenvalue weighted by molar-refractivity contribution is 7.89. The van der Waals surface area contributed by atoms with Gasteiger partial charge in [0.25, 0.3) is 0 Å². The lowest BCUT2D eigenvalue weighted by atomic mass is 9.86. The first kappa shape index (κ1) is 30.4. The summed E-state index contributed by atoms with van der Waals surface area (Å²) in [5, 5.41) is 0. The van der Waals surface area contributed by atoms with Gasteiger partial charge in [-0.2, -0.15) is 8.61 Å². The molecule has 3 rings (SSSR count). The molecule has 212 valence electrons. The number of ether oxygens (including phenoxy) is 2. The summed E-state index contributed by atoms with van der Waals surface area (Å²) in [6.45, 7) is 17.1. The summed E-state index contributed by atoms with van der Waals surface area (Å²) < 4.78 is 68.3. The van der Waals surface area contributed by atoms with Crippen LogP contribution in [0.3, 0.4) is 0 Å². The average molecular weight is 567 g/mol. The van der Waals surface area contributed by atoms with Crippen LogP contribution in [0.15, 0.2) is 46.2 Å². The van der Waals surface area contributed by atoms with Crippen LogP contribution in [-0.4, -0.2) is 64.8 Å². The summed E-state index contributed by atoms with van der Waals surface area (Å²) in [6, 6.07) is 9.89. The first-order chi connectivity index (χ1) is 17.5. The van der Waals surface area contributed by atoms with Crippen molar-refractivity contribution < 1.29 is 26.3 Å². The van der Waals surface area contributed by atoms with E-state index in [0.717, 1.165) is 11.1 Å². The van der Waals surface area contributed by atoms with Gasteiger partial charge in [-0.15, -0.1) is 0 Å². The molecule has 0 unspecified atom stereocenters. The minimum Gasteiger partial charge on any atom is -0.494 e. The van der Waals surface area contributed by atoms with Gasteiger partial charge in [-0.1, -0.05) is 41.5 Å². The maximum atomic E-state index is 13.5. The molecule has 0 aromatic heterocycles. The van der Waals surface area contributed by atoms with Gasteiger partial charge < -0.3 is 9.47 Å². The number of hydrogen-bond donors (Lipinski definition) is 0. The normalized spacial score (nSPS) is 16.4. The van der Waals surface area contributed by atoms with Gasteiger partial charge in [0.2, 0.25) is 20.0 Å². The minimum absolute atomic E-state index is 0.0722. The summed E-state index contributed by atoms with van der Waals surface area (Å²) >= 11 is 0. The Labute approximate surface area is 229 Å². The van der Waals surface area contributed by atoms with Gasteiger partial charge in [-0.25, -0.2) is 16.8 Å². The fourth-order valence-corrected chi connectivity index (χ4v) is 7.42. The van der Waals surface area contributed by atoms with E-state index in [-0.39, 0.29) is 46.8 Å². The molecule has 8 nitrogen and oxygen atoms in total. The SMILES string of the molecule is CCOc1ccc(S(=O)(=O)N2CCN(S(=O)(=O)c3ccc(OCC)c(C(C)(C)C)c3)CC2)cc1C(C)(C)C. The summed E-state index contributed by atoms with van der Waals surface area (Å²) in [6.07, 6.45) is 0. The lowest BCUT2D eigenvalue weighted by molar-refractivity contribution is 0.272. The zero-order valence-electron chi connectivity index (χ0n) is 23.9. The number of nitrogens with zero attached hydrogens (tertiary/aromatic N) is 2. The molecule has 0 saturated carbocycles. The lowest BCUT2D eigenvalue weighted by Crippen LogP contribution is -2.50. The Morgan fingerprint density at radius 3 is 1.21 bits per heavy atom. The molecule has 38 heavy (non-hydrogen) atoms. The van der Waals surface area contributed by atoms with Crippen LogP contribution in [-0.2, 0) is 30.9 Å². The van der Waals surface area contributed by atoms with E-state index in [9.17, 15) is 16.8 Å². The van der Waals surface area contributed by atoms with Gasteiger partial charge >= 0.3 is 0 Å². The maximum Gasteiger partial charge on any atom is 0.243 e. The van der Waals surface area contributed by atoms with Crippen molar-refractivity contribution in [2.75, 3.05) is 39.4 Å². The second-order valence-corrected chi connectivity index (χ2v) is 15.4. The highest BCUT2D eigenvalue weighted by atomic mass is 32.2. The minimum atomic E-state index is -3.81. The molecule has 1 heterocycles. The number of rotatable bonds is 8. The van der Waals surface area contributed by atoms with Crippen LogP contribution >= 0.6 is 0 Å². The third-order valence-electron chi connectivity index (χ3n) is 6.59. The molecule has 0 amide bonds. The Kier molecular flexibility index (Phi) is 8.92. The van der Waals surface area contributed by atoms with Crippen molar-refractivity contribution in [1.82, 2.24) is 8.61 Å². The van der Waals surface area contributed by atoms with Crippen LogP contribution in [0.25, 0.3) is 0 Å². The first-order valence-corrected chi connectivity index (χ1v) is 16.0. The smallest absolute Gasteiger partial charge is 0.243 e. The van der Waals surface area contributed by atoms with E-state index in [2.05, 4.69) is 0 Å². The van der Waals surface area contributed by atoms with Crippen molar-refractivity contribution >= 4 is 20.0 Å². The van der Waals surface area contributed by atoms with Crippen LogP contribution < -0.4 is 9.47 Å². The molecule has 0 bridgehead atoms. The Balaban J connectivity index is 1.84. The molecule has 0 aliphatic carbocycles. The topological polar surface area (TPSA) is 93.2 Å². The highest BCUT2D eigenvalue weighted by Gasteiger charge is 2.35. The maximum absolute atomic E-state index is 13.5. The Bertz CT molecular complexity index is 1240. The zero-order chi connectivity index (χ0) is 28.5. The molecule has 10 heteroatoms. The summed E-state index contributed by atoms with van der Waals surface area (Å²) in [7, 11) is -7.62. The number of benzene rings is 2. The van der Waals surface area contributed by atoms with Crippen LogP contribution in [0.4, 0.5) is 0 Å². The molecule has 1 aliphatic heterocycles. The van der Waals surface area contributed by atoms with Gasteiger partial charge in [-0.3, -0.25) is 0 Å². The third kappa shape index (κ3) is 6.35. The Morgan fingerprint density at radius 2 is 0.947 bits per heavy atom. The molecule has 2 aromatic rings. The van der Waals surface area contributed by atoms with Crippen molar-refractivity contribution in [1.29, 1.82) is 0 Å². The number of piperazine rings is 1. The Hall–Kier alpha value is -2.14. The van der Waals surface area contributed by atoms with Crippen LogP contribution in [0.5, 0.6) is 11.5 Å². The molecule has 1 fully saturated rings. The fraction of sp³-hybridized carbons (Fsp3) is 0.571. The molecule has 0 radical (unpaired) electrons. The largest absolute Gasteiger partial charge is 0.494 e. The van der Waals surface area contributed by atoms with Crippen molar-refractivity contribution in [3.63, 3.8) is 0 Å². The molecule has 1 saturated heterocycles. The zero-order valence-corrected chi connectivity index (χ0v) is 25.5. The van der Waals surface area contributed by atoms with Gasteiger partial charge in [0.1, 0.15) is 11.5 Å². The van der Waals surface area contributed by atoms with Gasteiger partial charge in [0, 0.05) is 37.3 Å².